The smallest absolute Gasteiger partial charge is 0.270 e. The lowest BCUT2D eigenvalue weighted by molar-refractivity contribution is -0.290. The molecule has 1 aromatic heterocycles. The zero-order chi connectivity index (χ0) is 24.3. The van der Waals surface area contributed by atoms with E-state index in [1.165, 1.54) is 11.1 Å². The molecule has 35 heavy (non-hydrogen) atoms. The first-order valence-corrected chi connectivity index (χ1v) is 12.7. The van der Waals surface area contributed by atoms with Crippen molar-refractivity contribution in [1.82, 2.24) is 15.1 Å². The zero-order valence-corrected chi connectivity index (χ0v) is 20.3. The number of benzene rings is 1. The van der Waals surface area contributed by atoms with Crippen molar-refractivity contribution in [1.29, 1.82) is 0 Å². The molecule has 1 unspecified atom stereocenters. The standard InChI is InChI=1S/C26H34N4O5/c1-30-21(11-14-27-30)24(31)29-23(18-7-5-3-2-4-6-8-18)25(32)28-19-9-10-20-22(17-19)34-35-26(20)12-15-33-16-13-26/h9-11,14,17-18,23H,2-8,12-13,15-16H2,1H3,(H,28,32)(H,29,31). The number of nitrogens with zero attached hydrogens (tertiary/aromatic N) is 2. The van der Waals surface area contributed by atoms with E-state index >= 15 is 0 Å². The molecule has 0 radical (unpaired) electrons. The topological polar surface area (TPSA) is 104 Å². The number of nitrogens with one attached hydrogen (secondary N) is 2. The number of hydrogen-bond acceptors (Lipinski definition) is 6. The number of aryl methyl sites for hydroxylation is 1. The third-order valence-corrected chi connectivity index (χ3v) is 7.58. The molecule has 5 rings (SSSR count). The van der Waals surface area contributed by atoms with Crippen LogP contribution in [0.25, 0.3) is 0 Å². The summed E-state index contributed by atoms with van der Waals surface area (Å²) < 4.78 is 7.00. The maximum absolute atomic E-state index is 13.6. The van der Waals surface area contributed by atoms with Crippen molar-refractivity contribution in [2.75, 3.05) is 18.5 Å². The molecule has 3 aliphatic rings. The van der Waals surface area contributed by atoms with Gasteiger partial charge in [0.2, 0.25) is 5.91 Å². The van der Waals surface area contributed by atoms with Crippen molar-refractivity contribution in [3.05, 3.63) is 41.7 Å². The third-order valence-electron chi connectivity index (χ3n) is 7.58. The molecule has 3 heterocycles. The van der Waals surface area contributed by atoms with E-state index in [9.17, 15) is 9.59 Å². The van der Waals surface area contributed by atoms with Crippen LogP contribution in [0.3, 0.4) is 0 Å². The molecule has 1 atom stereocenters. The highest BCUT2D eigenvalue weighted by molar-refractivity contribution is 6.00. The van der Waals surface area contributed by atoms with Crippen LogP contribution in [0.15, 0.2) is 30.5 Å². The summed E-state index contributed by atoms with van der Waals surface area (Å²) in [6, 6.07) is 6.66. The van der Waals surface area contributed by atoms with Crippen molar-refractivity contribution in [3.8, 4) is 5.75 Å². The Hall–Kier alpha value is -2.91. The van der Waals surface area contributed by atoms with E-state index in [1.54, 1.807) is 25.4 Å². The summed E-state index contributed by atoms with van der Waals surface area (Å²) in [6.45, 7) is 1.25. The van der Waals surface area contributed by atoms with Crippen molar-refractivity contribution in [2.24, 2.45) is 13.0 Å². The fourth-order valence-electron chi connectivity index (χ4n) is 5.52. The highest BCUT2D eigenvalue weighted by atomic mass is 17.2. The van der Waals surface area contributed by atoms with E-state index in [0.717, 1.165) is 56.9 Å². The second-order valence-corrected chi connectivity index (χ2v) is 9.87. The Morgan fingerprint density at radius 3 is 2.54 bits per heavy atom. The number of aromatic nitrogens is 2. The predicted molar refractivity (Wildman–Crippen MR) is 129 cm³/mol. The van der Waals surface area contributed by atoms with Crippen LogP contribution in [-0.2, 0) is 27.1 Å². The average molecular weight is 483 g/mol. The van der Waals surface area contributed by atoms with E-state index in [0.29, 0.717) is 30.3 Å². The van der Waals surface area contributed by atoms with Crippen LogP contribution in [0.1, 0.15) is 73.8 Å². The molecule has 1 saturated carbocycles. The molecule has 1 aromatic carbocycles. The first-order valence-electron chi connectivity index (χ1n) is 12.7. The number of fused-ring (bicyclic) bond motifs is 2. The van der Waals surface area contributed by atoms with E-state index in [2.05, 4.69) is 15.7 Å². The van der Waals surface area contributed by atoms with Crippen LogP contribution in [-0.4, -0.2) is 40.9 Å². The van der Waals surface area contributed by atoms with E-state index in [1.807, 2.05) is 12.1 Å². The summed E-state index contributed by atoms with van der Waals surface area (Å²) in [7, 11) is 1.72. The van der Waals surface area contributed by atoms with Gasteiger partial charge in [0.1, 0.15) is 17.3 Å². The number of ether oxygens (including phenoxy) is 1. The molecule has 1 aliphatic carbocycles. The fourth-order valence-corrected chi connectivity index (χ4v) is 5.52. The molecule has 2 amide bonds. The van der Waals surface area contributed by atoms with Gasteiger partial charge in [-0.25, -0.2) is 0 Å². The van der Waals surface area contributed by atoms with Gasteiger partial charge in [-0.3, -0.25) is 14.3 Å². The molecule has 0 bridgehead atoms. The normalized spacial score (nSPS) is 20.8. The van der Waals surface area contributed by atoms with Crippen molar-refractivity contribution >= 4 is 17.5 Å². The number of carbonyl (C=O) groups is 2. The number of hydrogen-bond donors (Lipinski definition) is 2. The number of anilines is 1. The van der Waals surface area contributed by atoms with E-state index in [4.69, 9.17) is 14.5 Å². The Morgan fingerprint density at radius 1 is 1.09 bits per heavy atom. The highest BCUT2D eigenvalue weighted by Crippen LogP contribution is 2.47. The van der Waals surface area contributed by atoms with Gasteiger partial charge in [-0.15, -0.1) is 0 Å². The lowest BCUT2D eigenvalue weighted by Gasteiger charge is -2.30. The minimum atomic E-state index is -0.636. The Morgan fingerprint density at radius 2 is 1.83 bits per heavy atom. The Bertz CT molecular complexity index is 1050. The lowest BCUT2D eigenvalue weighted by atomic mass is 9.85. The van der Waals surface area contributed by atoms with Gasteiger partial charge in [-0.1, -0.05) is 38.2 Å². The Labute approximate surface area is 205 Å². The molecule has 2 N–H and O–H groups in total. The van der Waals surface area contributed by atoms with E-state index < -0.39 is 11.6 Å². The SMILES string of the molecule is Cn1nccc1C(=O)NC(C(=O)Nc1ccc2c(c1)OOC21CCOCC1)C1CCCCCCC1. The quantitative estimate of drug-likeness (QED) is 0.628. The lowest BCUT2D eigenvalue weighted by Crippen LogP contribution is -2.49. The summed E-state index contributed by atoms with van der Waals surface area (Å²) in [5, 5.41) is 10.1. The largest absolute Gasteiger partial charge is 0.381 e. The minimum absolute atomic E-state index is 0.0759. The van der Waals surface area contributed by atoms with Crippen LogP contribution >= 0.6 is 0 Å². The summed E-state index contributed by atoms with van der Waals surface area (Å²) in [5.74, 6) is 0.184. The number of rotatable bonds is 5. The summed E-state index contributed by atoms with van der Waals surface area (Å²) >= 11 is 0. The monoisotopic (exact) mass is 482 g/mol. The average Bonchev–Trinajstić information content (AvgIpc) is 3.42. The molecule has 2 aliphatic heterocycles. The maximum Gasteiger partial charge on any atom is 0.270 e. The van der Waals surface area contributed by atoms with Crippen molar-refractivity contribution in [3.63, 3.8) is 0 Å². The first-order chi connectivity index (χ1) is 17.1. The Balaban J connectivity index is 1.34. The molecule has 2 fully saturated rings. The molecule has 188 valence electrons. The van der Waals surface area contributed by atoms with Crippen LogP contribution < -0.4 is 15.5 Å². The molecule has 1 spiro atoms. The van der Waals surface area contributed by atoms with Gasteiger partial charge in [-0.05, 0) is 30.9 Å². The first kappa shape index (κ1) is 23.8. The van der Waals surface area contributed by atoms with Gasteiger partial charge in [0.25, 0.3) is 5.91 Å². The summed E-state index contributed by atoms with van der Waals surface area (Å²) in [6.07, 6.45) is 10.5. The van der Waals surface area contributed by atoms with Crippen LogP contribution in [0.4, 0.5) is 5.69 Å². The van der Waals surface area contributed by atoms with Crippen molar-refractivity contribution < 1.29 is 24.1 Å². The fraction of sp³-hybridized carbons (Fsp3) is 0.577. The third kappa shape index (κ3) is 5.06. The molecule has 9 heteroatoms. The molecule has 9 nitrogen and oxygen atoms in total. The minimum Gasteiger partial charge on any atom is -0.381 e. The van der Waals surface area contributed by atoms with Crippen LogP contribution in [0.2, 0.25) is 0 Å². The van der Waals surface area contributed by atoms with Crippen LogP contribution in [0, 0.1) is 5.92 Å². The van der Waals surface area contributed by atoms with Gasteiger partial charge >= 0.3 is 0 Å². The number of carbonyl (C=O) groups excluding carboxylic acids is 2. The predicted octanol–water partition coefficient (Wildman–Crippen LogP) is 3.85. The Kier molecular flexibility index (Phi) is 7.06. The van der Waals surface area contributed by atoms with Gasteiger partial charge in [0.05, 0.1) is 0 Å². The van der Waals surface area contributed by atoms with Gasteiger partial charge < -0.3 is 20.3 Å². The molecule has 1 saturated heterocycles. The molecule has 2 aromatic rings. The van der Waals surface area contributed by atoms with Crippen molar-refractivity contribution in [2.45, 2.75) is 69.4 Å². The molecular weight excluding hydrogens is 448 g/mol. The van der Waals surface area contributed by atoms with Gasteiger partial charge in [0, 0.05) is 56.6 Å². The van der Waals surface area contributed by atoms with Gasteiger partial charge in [-0.2, -0.15) is 9.99 Å². The highest BCUT2D eigenvalue weighted by Gasteiger charge is 2.44. The zero-order valence-electron chi connectivity index (χ0n) is 20.3. The molecular formula is C26H34N4O5. The second-order valence-electron chi connectivity index (χ2n) is 9.87. The van der Waals surface area contributed by atoms with Crippen LogP contribution in [0.5, 0.6) is 5.75 Å². The summed E-state index contributed by atoms with van der Waals surface area (Å²) in [4.78, 5) is 37.9. The van der Waals surface area contributed by atoms with Gasteiger partial charge in [0.15, 0.2) is 5.75 Å². The second kappa shape index (κ2) is 10.4. The number of amides is 2. The summed E-state index contributed by atoms with van der Waals surface area (Å²) in [5.41, 5.74) is 1.56. The van der Waals surface area contributed by atoms with E-state index in [-0.39, 0.29) is 17.7 Å². The maximum atomic E-state index is 13.6.